The van der Waals surface area contributed by atoms with Crippen LogP contribution < -0.4 is 4.84 Å². The number of amides is 1. The van der Waals surface area contributed by atoms with E-state index in [1.165, 1.54) is 5.06 Å². The Balaban J connectivity index is 1.48. The van der Waals surface area contributed by atoms with Gasteiger partial charge in [-0.25, -0.2) is 0 Å². The van der Waals surface area contributed by atoms with Crippen molar-refractivity contribution in [2.75, 3.05) is 6.54 Å². The molecule has 27 heavy (non-hydrogen) atoms. The van der Waals surface area contributed by atoms with E-state index in [-0.39, 0.29) is 30.3 Å². The molecule has 1 fully saturated rings. The highest BCUT2D eigenvalue weighted by Gasteiger charge is 2.51. The van der Waals surface area contributed by atoms with Gasteiger partial charge in [-0.05, 0) is 36.1 Å². The molecule has 2 aromatic carbocycles. The topological polar surface area (TPSA) is 55.8 Å². The molecule has 0 unspecified atom stereocenters. The SMILES string of the molecule is CCC1(CC)CN(Oc2ccc(CC(=O)OCc3ccccc3)cc2)C1=O. The lowest BCUT2D eigenvalue weighted by atomic mass is 9.75. The van der Waals surface area contributed by atoms with Gasteiger partial charge in [-0.1, -0.05) is 56.3 Å². The third kappa shape index (κ3) is 4.30. The van der Waals surface area contributed by atoms with Gasteiger partial charge in [0.15, 0.2) is 5.75 Å². The van der Waals surface area contributed by atoms with Gasteiger partial charge in [-0.2, -0.15) is 5.06 Å². The van der Waals surface area contributed by atoms with E-state index in [1.54, 1.807) is 12.1 Å². The maximum atomic E-state index is 12.3. The number of hydrogen-bond donors (Lipinski definition) is 0. The molecule has 0 N–H and O–H groups in total. The maximum Gasteiger partial charge on any atom is 0.310 e. The number of hydrogen-bond acceptors (Lipinski definition) is 4. The van der Waals surface area contributed by atoms with E-state index in [2.05, 4.69) is 0 Å². The van der Waals surface area contributed by atoms with Gasteiger partial charge < -0.3 is 9.57 Å². The number of β-lactam (4-membered cyclic amide) rings is 1. The summed E-state index contributed by atoms with van der Waals surface area (Å²) in [6.07, 6.45) is 1.85. The van der Waals surface area contributed by atoms with Crippen molar-refractivity contribution in [2.24, 2.45) is 5.41 Å². The molecule has 0 bridgehead atoms. The van der Waals surface area contributed by atoms with Gasteiger partial charge in [-0.3, -0.25) is 9.59 Å². The molecule has 5 heteroatoms. The van der Waals surface area contributed by atoms with E-state index in [0.29, 0.717) is 12.3 Å². The molecule has 3 rings (SSSR count). The fraction of sp³-hybridized carbons (Fsp3) is 0.364. The largest absolute Gasteiger partial charge is 0.461 e. The normalized spacial score (nSPS) is 15.2. The Hall–Kier alpha value is -2.82. The molecule has 0 aromatic heterocycles. The van der Waals surface area contributed by atoms with E-state index >= 15 is 0 Å². The summed E-state index contributed by atoms with van der Waals surface area (Å²) >= 11 is 0. The van der Waals surface area contributed by atoms with Crippen LogP contribution in [0, 0.1) is 5.41 Å². The second-order valence-corrected chi connectivity index (χ2v) is 6.89. The van der Waals surface area contributed by atoms with Crippen molar-refractivity contribution < 1.29 is 19.2 Å². The maximum absolute atomic E-state index is 12.3. The number of ether oxygens (including phenoxy) is 1. The van der Waals surface area contributed by atoms with E-state index in [1.807, 2.05) is 56.3 Å². The Kier molecular flexibility index (Phi) is 5.79. The predicted molar refractivity (Wildman–Crippen MR) is 102 cm³/mol. The molecular formula is C22H25NO4. The van der Waals surface area contributed by atoms with Crippen LogP contribution in [-0.4, -0.2) is 23.5 Å². The van der Waals surface area contributed by atoms with E-state index < -0.39 is 0 Å². The van der Waals surface area contributed by atoms with Gasteiger partial charge in [0.1, 0.15) is 6.61 Å². The number of benzene rings is 2. The van der Waals surface area contributed by atoms with Crippen LogP contribution >= 0.6 is 0 Å². The minimum Gasteiger partial charge on any atom is -0.461 e. The lowest BCUT2D eigenvalue weighted by Gasteiger charge is -2.46. The summed E-state index contributed by atoms with van der Waals surface area (Å²) < 4.78 is 5.29. The average Bonchev–Trinajstić information content (AvgIpc) is 2.71. The molecule has 5 nitrogen and oxygen atoms in total. The summed E-state index contributed by atoms with van der Waals surface area (Å²) in [7, 11) is 0. The first-order chi connectivity index (χ1) is 13.1. The van der Waals surface area contributed by atoms with E-state index in [4.69, 9.17) is 9.57 Å². The van der Waals surface area contributed by atoms with Gasteiger partial charge in [0.25, 0.3) is 5.91 Å². The summed E-state index contributed by atoms with van der Waals surface area (Å²) in [4.78, 5) is 29.9. The van der Waals surface area contributed by atoms with Crippen LogP contribution in [0.1, 0.15) is 37.8 Å². The van der Waals surface area contributed by atoms with Crippen molar-refractivity contribution >= 4 is 11.9 Å². The highest BCUT2D eigenvalue weighted by atomic mass is 16.7. The molecule has 1 aliphatic rings. The summed E-state index contributed by atoms with van der Waals surface area (Å²) in [5.41, 5.74) is 1.54. The van der Waals surface area contributed by atoms with Crippen LogP contribution in [0.25, 0.3) is 0 Å². The van der Waals surface area contributed by atoms with Crippen molar-refractivity contribution in [3.63, 3.8) is 0 Å². The first-order valence-corrected chi connectivity index (χ1v) is 9.35. The van der Waals surface area contributed by atoms with Crippen LogP contribution in [0.5, 0.6) is 5.75 Å². The lowest BCUT2D eigenvalue weighted by molar-refractivity contribution is -0.205. The number of hydroxylamine groups is 2. The van der Waals surface area contributed by atoms with Gasteiger partial charge in [-0.15, -0.1) is 0 Å². The molecule has 1 amide bonds. The van der Waals surface area contributed by atoms with Crippen LogP contribution in [0.3, 0.4) is 0 Å². The fourth-order valence-corrected chi connectivity index (χ4v) is 3.19. The zero-order valence-electron chi connectivity index (χ0n) is 15.8. The molecule has 2 aromatic rings. The van der Waals surface area contributed by atoms with Crippen LogP contribution in [0.2, 0.25) is 0 Å². The predicted octanol–water partition coefficient (Wildman–Crippen LogP) is 3.91. The molecule has 0 saturated carbocycles. The number of esters is 1. The quantitative estimate of drug-likeness (QED) is 0.524. The smallest absolute Gasteiger partial charge is 0.310 e. The zero-order valence-corrected chi connectivity index (χ0v) is 15.8. The molecular weight excluding hydrogens is 342 g/mol. The number of rotatable bonds is 8. The average molecular weight is 367 g/mol. The monoisotopic (exact) mass is 367 g/mol. The molecule has 1 heterocycles. The van der Waals surface area contributed by atoms with Crippen molar-refractivity contribution in [1.29, 1.82) is 0 Å². The molecule has 1 aliphatic heterocycles. The first kappa shape index (κ1) is 19.0. The fourth-order valence-electron chi connectivity index (χ4n) is 3.19. The number of nitrogens with zero attached hydrogens (tertiary/aromatic N) is 1. The molecule has 0 atom stereocenters. The Morgan fingerprint density at radius 3 is 2.26 bits per heavy atom. The Labute approximate surface area is 159 Å². The van der Waals surface area contributed by atoms with Crippen LogP contribution in [0.4, 0.5) is 0 Å². The van der Waals surface area contributed by atoms with Gasteiger partial charge in [0.05, 0.1) is 18.4 Å². The van der Waals surface area contributed by atoms with Gasteiger partial charge in [0, 0.05) is 0 Å². The molecule has 0 spiro atoms. The second-order valence-electron chi connectivity index (χ2n) is 6.89. The summed E-state index contributed by atoms with van der Waals surface area (Å²) in [6.45, 7) is 4.95. The van der Waals surface area contributed by atoms with Crippen LogP contribution in [0.15, 0.2) is 54.6 Å². The highest BCUT2D eigenvalue weighted by molar-refractivity contribution is 5.87. The summed E-state index contributed by atoms with van der Waals surface area (Å²) in [6, 6.07) is 16.8. The standard InChI is InChI=1S/C22H25NO4/c1-3-22(4-2)16-23(21(22)25)27-19-12-10-17(11-13-19)14-20(24)26-15-18-8-6-5-7-9-18/h5-13H,3-4,14-16H2,1-2H3. The Morgan fingerprint density at radius 2 is 1.67 bits per heavy atom. The first-order valence-electron chi connectivity index (χ1n) is 9.35. The second kappa shape index (κ2) is 8.25. The van der Waals surface area contributed by atoms with Crippen molar-refractivity contribution in [3.8, 4) is 5.75 Å². The third-order valence-corrected chi connectivity index (χ3v) is 5.21. The van der Waals surface area contributed by atoms with Crippen molar-refractivity contribution in [3.05, 3.63) is 65.7 Å². The Morgan fingerprint density at radius 1 is 1.00 bits per heavy atom. The summed E-state index contributed by atoms with van der Waals surface area (Å²) in [5.74, 6) is 0.354. The van der Waals surface area contributed by atoms with Crippen molar-refractivity contribution in [2.45, 2.75) is 39.7 Å². The minimum atomic E-state index is -0.277. The van der Waals surface area contributed by atoms with E-state index in [0.717, 1.165) is 24.0 Å². The third-order valence-electron chi connectivity index (χ3n) is 5.21. The van der Waals surface area contributed by atoms with Gasteiger partial charge in [0.2, 0.25) is 0 Å². The van der Waals surface area contributed by atoms with Gasteiger partial charge >= 0.3 is 5.97 Å². The van der Waals surface area contributed by atoms with E-state index in [9.17, 15) is 9.59 Å². The molecule has 1 saturated heterocycles. The molecule has 142 valence electrons. The van der Waals surface area contributed by atoms with Crippen molar-refractivity contribution in [1.82, 2.24) is 5.06 Å². The minimum absolute atomic E-state index is 0.0427. The Bertz CT molecular complexity index is 782. The molecule has 0 radical (unpaired) electrons. The summed E-state index contributed by atoms with van der Waals surface area (Å²) in [5, 5.41) is 1.41. The van der Waals surface area contributed by atoms with Crippen LogP contribution in [-0.2, 0) is 27.4 Å². The lowest BCUT2D eigenvalue weighted by Crippen LogP contribution is -2.62. The highest BCUT2D eigenvalue weighted by Crippen LogP contribution is 2.38. The number of carbonyl (C=O) groups is 2. The number of carbonyl (C=O) groups excluding carboxylic acids is 2. The zero-order chi connectivity index (χ0) is 19.3. The molecule has 0 aliphatic carbocycles.